The summed E-state index contributed by atoms with van der Waals surface area (Å²) in [7, 11) is 0. The Balaban J connectivity index is 1.67. The summed E-state index contributed by atoms with van der Waals surface area (Å²) in [5.41, 5.74) is 3.54. The molecule has 2 heteroatoms. The molecule has 1 atom stereocenters. The van der Waals surface area contributed by atoms with E-state index < -0.39 is 0 Å². The lowest BCUT2D eigenvalue weighted by Crippen LogP contribution is -1.98. The summed E-state index contributed by atoms with van der Waals surface area (Å²) in [6.45, 7) is 7.70. The van der Waals surface area contributed by atoms with Gasteiger partial charge in [-0.1, -0.05) is 84.6 Å². The number of ether oxygens (including phenoxy) is 1. The minimum atomic E-state index is 0.811. The van der Waals surface area contributed by atoms with Crippen LogP contribution in [0.15, 0.2) is 42.6 Å². The molecular formula is C28H43NO. The van der Waals surface area contributed by atoms with Crippen LogP contribution in [0, 0.1) is 5.92 Å². The molecule has 2 rings (SSSR count). The number of hydrogen-bond acceptors (Lipinski definition) is 2. The minimum Gasteiger partial charge on any atom is -0.494 e. The van der Waals surface area contributed by atoms with Gasteiger partial charge in [0.1, 0.15) is 5.75 Å². The molecule has 0 saturated carbocycles. The molecule has 166 valence electrons. The topological polar surface area (TPSA) is 22.1 Å². The summed E-state index contributed by atoms with van der Waals surface area (Å²) >= 11 is 0. The van der Waals surface area contributed by atoms with Crippen molar-refractivity contribution in [1.29, 1.82) is 0 Å². The average molecular weight is 410 g/mol. The van der Waals surface area contributed by atoms with Gasteiger partial charge in [0.25, 0.3) is 0 Å². The van der Waals surface area contributed by atoms with Gasteiger partial charge >= 0.3 is 0 Å². The second-order valence-corrected chi connectivity index (χ2v) is 8.81. The molecule has 0 aliphatic rings. The fourth-order valence-corrected chi connectivity index (χ4v) is 3.74. The lowest BCUT2D eigenvalue weighted by molar-refractivity contribution is 0.302. The van der Waals surface area contributed by atoms with Gasteiger partial charge in [-0.2, -0.15) is 0 Å². The van der Waals surface area contributed by atoms with Crippen molar-refractivity contribution in [1.82, 2.24) is 4.98 Å². The Hall–Kier alpha value is -1.83. The van der Waals surface area contributed by atoms with Gasteiger partial charge in [-0.15, -0.1) is 0 Å². The summed E-state index contributed by atoms with van der Waals surface area (Å²) in [5.74, 6) is 1.82. The average Bonchev–Trinajstić information content (AvgIpc) is 2.79. The number of pyridine rings is 1. The highest BCUT2D eigenvalue weighted by molar-refractivity contribution is 5.60. The normalized spacial score (nSPS) is 12.1. The fourth-order valence-electron chi connectivity index (χ4n) is 3.74. The highest BCUT2D eigenvalue weighted by Crippen LogP contribution is 2.22. The predicted octanol–water partition coefficient (Wildman–Crippen LogP) is 8.64. The van der Waals surface area contributed by atoms with Crippen molar-refractivity contribution >= 4 is 0 Å². The molecule has 1 aromatic heterocycles. The second kappa shape index (κ2) is 15.0. The van der Waals surface area contributed by atoms with Crippen molar-refractivity contribution in [3.63, 3.8) is 0 Å². The largest absolute Gasteiger partial charge is 0.494 e. The van der Waals surface area contributed by atoms with Crippen molar-refractivity contribution in [3.8, 4) is 17.0 Å². The first kappa shape index (κ1) is 24.4. The first-order valence-corrected chi connectivity index (χ1v) is 12.4. The monoisotopic (exact) mass is 409 g/mol. The maximum Gasteiger partial charge on any atom is 0.119 e. The zero-order chi connectivity index (χ0) is 21.4. The van der Waals surface area contributed by atoms with Crippen molar-refractivity contribution in [2.45, 2.75) is 97.8 Å². The van der Waals surface area contributed by atoms with Gasteiger partial charge in [0.2, 0.25) is 0 Å². The van der Waals surface area contributed by atoms with Crippen molar-refractivity contribution in [3.05, 3.63) is 48.2 Å². The van der Waals surface area contributed by atoms with E-state index in [1.807, 2.05) is 6.20 Å². The summed E-state index contributed by atoms with van der Waals surface area (Å²) in [5, 5.41) is 0. The Morgan fingerprint density at radius 1 is 0.800 bits per heavy atom. The SMILES string of the molecule is CCCCCCCCc1ccc(-c2ccc(OCCCCCC(C)CC)cc2)nc1. The van der Waals surface area contributed by atoms with Gasteiger partial charge in [-0.25, -0.2) is 0 Å². The molecular weight excluding hydrogens is 366 g/mol. The number of unbranched alkanes of at least 4 members (excludes halogenated alkanes) is 7. The number of nitrogens with zero attached hydrogens (tertiary/aromatic N) is 1. The Bertz CT molecular complexity index is 662. The second-order valence-electron chi connectivity index (χ2n) is 8.81. The van der Waals surface area contributed by atoms with Crippen LogP contribution in [0.2, 0.25) is 0 Å². The van der Waals surface area contributed by atoms with Crippen LogP contribution in [0.4, 0.5) is 0 Å². The van der Waals surface area contributed by atoms with Crippen LogP contribution in [-0.2, 0) is 6.42 Å². The first-order chi connectivity index (χ1) is 14.7. The quantitative estimate of drug-likeness (QED) is 0.259. The smallest absolute Gasteiger partial charge is 0.119 e. The number of aromatic nitrogens is 1. The van der Waals surface area contributed by atoms with Crippen LogP contribution in [0.3, 0.4) is 0 Å². The van der Waals surface area contributed by atoms with Crippen LogP contribution in [0.25, 0.3) is 11.3 Å². The zero-order valence-electron chi connectivity index (χ0n) is 19.7. The van der Waals surface area contributed by atoms with E-state index >= 15 is 0 Å². The maximum absolute atomic E-state index is 5.91. The van der Waals surface area contributed by atoms with Gasteiger partial charge < -0.3 is 4.74 Å². The van der Waals surface area contributed by atoms with Crippen LogP contribution in [-0.4, -0.2) is 11.6 Å². The van der Waals surface area contributed by atoms with E-state index in [4.69, 9.17) is 4.74 Å². The molecule has 30 heavy (non-hydrogen) atoms. The number of aryl methyl sites for hydroxylation is 1. The Morgan fingerprint density at radius 3 is 2.23 bits per heavy atom. The minimum absolute atomic E-state index is 0.811. The van der Waals surface area contributed by atoms with Crippen LogP contribution in [0.1, 0.15) is 97.0 Å². The lowest BCUT2D eigenvalue weighted by Gasteiger charge is -2.09. The molecule has 0 aliphatic heterocycles. The zero-order valence-corrected chi connectivity index (χ0v) is 19.7. The summed E-state index contributed by atoms with van der Waals surface area (Å²) < 4.78 is 5.91. The van der Waals surface area contributed by atoms with E-state index in [1.54, 1.807) is 0 Å². The van der Waals surface area contributed by atoms with Gasteiger partial charge in [0.05, 0.1) is 12.3 Å². The maximum atomic E-state index is 5.91. The van der Waals surface area contributed by atoms with Crippen LogP contribution in [0.5, 0.6) is 5.75 Å². The van der Waals surface area contributed by atoms with Gasteiger partial charge in [-0.3, -0.25) is 4.98 Å². The van der Waals surface area contributed by atoms with Gasteiger partial charge in [-0.05, 0) is 61.1 Å². The molecule has 0 fully saturated rings. The van der Waals surface area contributed by atoms with E-state index in [1.165, 1.54) is 69.8 Å². The predicted molar refractivity (Wildman–Crippen MR) is 130 cm³/mol. The molecule has 0 saturated heterocycles. The summed E-state index contributed by atoms with van der Waals surface area (Å²) in [4.78, 5) is 4.68. The first-order valence-electron chi connectivity index (χ1n) is 12.4. The molecule has 2 aromatic rings. The summed E-state index contributed by atoms with van der Waals surface area (Å²) in [6.07, 6.45) is 17.6. The van der Waals surface area contributed by atoms with E-state index in [0.29, 0.717) is 0 Å². The van der Waals surface area contributed by atoms with Crippen molar-refractivity contribution in [2.24, 2.45) is 5.92 Å². The van der Waals surface area contributed by atoms with Crippen molar-refractivity contribution in [2.75, 3.05) is 6.61 Å². The molecule has 0 amide bonds. The highest BCUT2D eigenvalue weighted by Gasteiger charge is 2.02. The van der Waals surface area contributed by atoms with Gasteiger partial charge in [0, 0.05) is 11.8 Å². The third-order valence-corrected chi connectivity index (χ3v) is 6.10. The molecule has 0 radical (unpaired) electrons. The van der Waals surface area contributed by atoms with Crippen LogP contribution < -0.4 is 4.74 Å². The molecule has 0 aliphatic carbocycles. The van der Waals surface area contributed by atoms with E-state index in [9.17, 15) is 0 Å². The number of hydrogen-bond donors (Lipinski definition) is 0. The van der Waals surface area contributed by atoms with Gasteiger partial charge in [0.15, 0.2) is 0 Å². The fraction of sp³-hybridized carbons (Fsp3) is 0.607. The molecule has 1 aromatic carbocycles. The van der Waals surface area contributed by atoms with E-state index in [-0.39, 0.29) is 0 Å². The Kier molecular flexibility index (Phi) is 12.3. The Morgan fingerprint density at radius 2 is 1.53 bits per heavy atom. The highest BCUT2D eigenvalue weighted by atomic mass is 16.5. The molecule has 2 nitrogen and oxygen atoms in total. The van der Waals surface area contributed by atoms with E-state index in [0.717, 1.165) is 42.4 Å². The molecule has 0 spiro atoms. The lowest BCUT2D eigenvalue weighted by atomic mass is 10.0. The molecule has 0 N–H and O–H groups in total. The molecule has 0 bridgehead atoms. The van der Waals surface area contributed by atoms with E-state index in [2.05, 4.69) is 62.2 Å². The number of rotatable bonds is 16. The third-order valence-electron chi connectivity index (χ3n) is 6.10. The third kappa shape index (κ3) is 9.78. The van der Waals surface area contributed by atoms with Crippen LogP contribution >= 0.6 is 0 Å². The standard InChI is InChI=1S/C28H43NO/c1-4-6-7-8-9-12-15-25-16-21-28(29-23-25)26-17-19-27(20-18-26)30-22-13-10-11-14-24(3)5-2/h16-21,23-24H,4-15,22H2,1-3H3. The Labute approximate surface area is 185 Å². The molecule has 1 unspecified atom stereocenters. The molecule has 1 heterocycles. The summed E-state index contributed by atoms with van der Waals surface area (Å²) in [6, 6.07) is 12.8. The van der Waals surface area contributed by atoms with Crippen molar-refractivity contribution < 1.29 is 4.74 Å². The number of benzene rings is 1.